The van der Waals surface area contributed by atoms with Crippen molar-refractivity contribution in [3.63, 3.8) is 0 Å². The Balaban J connectivity index is 1.60. The van der Waals surface area contributed by atoms with Crippen molar-refractivity contribution >= 4 is 28.8 Å². The van der Waals surface area contributed by atoms with Crippen molar-refractivity contribution in [3.8, 4) is 0 Å². The van der Waals surface area contributed by atoms with E-state index in [9.17, 15) is 9.59 Å². The van der Waals surface area contributed by atoms with Crippen molar-refractivity contribution in [1.29, 1.82) is 0 Å². The van der Waals surface area contributed by atoms with E-state index in [-0.39, 0.29) is 17.9 Å². The van der Waals surface area contributed by atoms with Crippen LogP contribution in [-0.4, -0.2) is 36.3 Å². The van der Waals surface area contributed by atoms with Crippen LogP contribution in [-0.2, 0) is 16.0 Å². The predicted octanol–water partition coefficient (Wildman–Crippen LogP) is 2.94. The predicted molar refractivity (Wildman–Crippen MR) is 92.6 cm³/mol. The van der Waals surface area contributed by atoms with Gasteiger partial charge in [-0.3, -0.25) is 9.59 Å². The Kier molecular flexibility index (Phi) is 4.76. The van der Waals surface area contributed by atoms with Crippen molar-refractivity contribution in [2.75, 3.05) is 18.5 Å². The Labute approximate surface area is 140 Å². The minimum absolute atomic E-state index is 0.0168. The third-order valence-electron chi connectivity index (χ3n) is 4.27. The monoisotopic (exact) mass is 328 g/mol. The second kappa shape index (κ2) is 6.96. The molecule has 2 heterocycles. The first-order valence-corrected chi connectivity index (χ1v) is 8.69. The highest BCUT2D eigenvalue weighted by molar-refractivity contribution is 7.09. The number of thiophene rings is 1. The maximum atomic E-state index is 12.6. The highest BCUT2D eigenvalue weighted by Crippen LogP contribution is 2.24. The van der Waals surface area contributed by atoms with E-state index < -0.39 is 0 Å². The lowest BCUT2D eigenvalue weighted by molar-refractivity contribution is -0.136. The van der Waals surface area contributed by atoms with E-state index in [0.29, 0.717) is 19.4 Å². The average molecular weight is 328 g/mol. The SMILES string of the molecule is CN(C(=O)CCc1cccs1)C1CCN(c2ccccc2)C1=O. The zero-order valence-electron chi connectivity index (χ0n) is 13.1. The number of rotatable bonds is 5. The van der Waals surface area contributed by atoms with Crippen molar-refractivity contribution in [2.24, 2.45) is 0 Å². The summed E-state index contributed by atoms with van der Waals surface area (Å²) in [4.78, 5) is 29.6. The summed E-state index contributed by atoms with van der Waals surface area (Å²) in [6.07, 6.45) is 1.88. The van der Waals surface area contributed by atoms with Gasteiger partial charge in [0.1, 0.15) is 6.04 Å². The number of amides is 2. The number of aryl methyl sites for hydroxylation is 1. The van der Waals surface area contributed by atoms with E-state index in [4.69, 9.17) is 0 Å². The Bertz CT molecular complexity index is 670. The van der Waals surface area contributed by atoms with E-state index in [2.05, 4.69) is 0 Å². The van der Waals surface area contributed by atoms with Crippen molar-refractivity contribution in [1.82, 2.24) is 4.90 Å². The van der Waals surface area contributed by atoms with E-state index in [1.54, 1.807) is 28.2 Å². The van der Waals surface area contributed by atoms with Crippen LogP contribution in [0.5, 0.6) is 0 Å². The van der Waals surface area contributed by atoms with Gasteiger partial charge in [0.15, 0.2) is 0 Å². The molecular formula is C18H20N2O2S. The summed E-state index contributed by atoms with van der Waals surface area (Å²) < 4.78 is 0. The van der Waals surface area contributed by atoms with Crippen LogP contribution in [0.25, 0.3) is 0 Å². The number of likely N-dealkylation sites (N-methyl/N-ethyl adjacent to an activating group) is 1. The topological polar surface area (TPSA) is 40.6 Å². The lowest BCUT2D eigenvalue weighted by atomic mass is 10.2. The molecular weight excluding hydrogens is 308 g/mol. The molecule has 4 nitrogen and oxygen atoms in total. The highest BCUT2D eigenvalue weighted by atomic mass is 32.1. The molecule has 1 fully saturated rings. The molecule has 1 aromatic carbocycles. The van der Waals surface area contributed by atoms with Gasteiger partial charge in [-0.2, -0.15) is 0 Å². The van der Waals surface area contributed by atoms with Crippen LogP contribution in [0.4, 0.5) is 5.69 Å². The summed E-state index contributed by atoms with van der Waals surface area (Å²) >= 11 is 1.66. The lowest BCUT2D eigenvalue weighted by Gasteiger charge is -2.24. The number of hydrogen-bond acceptors (Lipinski definition) is 3. The van der Waals surface area contributed by atoms with Crippen LogP contribution >= 0.6 is 11.3 Å². The van der Waals surface area contributed by atoms with Gasteiger partial charge in [0.05, 0.1) is 0 Å². The fourth-order valence-corrected chi connectivity index (χ4v) is 3.63. The quantitative estimate of drug-likeness (QED) is 0.847. The summed E-state index contributed by atoms with van der Waals surface area (Å²) in [6, 6.07) is 13.3. The van der Waals surface area contributed by atoms with Gasteiger partial charge < -0.3 is 9.80 Å². The number of hydrogen-bond donors (Lipinski definition) is 0. The average Bonchev–Trinajstić information content (AvgIpc) is 3.22. The summed E-state index contributed by atoms with van der Waals surface area (Å²) in [5, 5.41) is 2.02. The maximum absolute atomic E-state index is 12.6. The number of carbonyl (C=O) groups excluding carboxylic acids is 2. The fraction of sp³-hybridized carbons (Fsp3) is 0.333. The Morgan fingerprint density at radius 2 is 2.04 bits per heavy atom. The molecule has 1 aromatic heterocycles. The standard InChI is InChI=1S/C18H20N2O2S/c1-19(17(21)10-9-15-8-5-13-23-15)16-11-12-20(18(16)22)14-6-3-2-4-7-14/h2-8,13,16H,9-12H2,1H3. The minimum atomic E-state index is -0.342. The summed E-state index contributed by atoms with van der Waals surface area (Å²) in [5.41, 5.74) is 0.902. The van der Waals surface area contributed by atoms with Crippen LogP contribution in [0.15, 0.2) is 47.8 Å². The van der Waals surface area contributed by atoms with E-state index in [0.717, 1.165) is 12.1 Å². The Hall–Kier alpha value is -2.14. The molecule has 0 bridgehead atoms. The van der Waals surface area contributed by atoms with Crippen molar-refractivity contribution < 1.29 is 9.59 Å². The third-order valence-corrected chi connectivity index (χ3v) is 5.21. The smallest absolute Gasteiger partial charge is 0.249 e. The van der Waals surface area contributed by atoms with Gasteiger partial charge in [0.2, 0.25) is 11.8 Å². The molecule has 5 heteroatoms. The van der Waals surface area contributed by atoms with E-state index in [1.807, 2.05) is 47.8 Å². The normalized spacial score (nSPS) is 17.5. The molecule has 0 radical (unpaired) electrons. The van der Waals surface area contributed by atoms with Crippen molar-refractivity contribution in [3.05, 3.63) is 52.7 Å². The maximum Gasteiger partial charge on any atom is 0.249 e. The van der Waals surface area contributed by atoms with Crippen LogP contribution in [0.1, 0.15) is 17.7 Å². The molecule has 0 spiro atoms. The van der Waals surface area contributed by atoms with Gasteiger partial charge in [-0.05, 0) is 36.4 Å². The van der Waals surface area contributed by atoms with Crippen LogP contribution < -0.4 is 4.90 Å². The Morgan fingerprint density at radius 1 is 1.26 bits per heavy atom. The zero-order valence-corrected chi connectivity index (χ0v) is 14.0. The van der Waals surface area contributed by atoms with E-state index >= 15 is 0 Å². The van der Waals surface area contributed by atoms with Gasteiger partial charge >= 0.3 is 0 Å². The van der Waals surface area contributed by atoms with Crippen LogP contribution in [0.2, 0.25) is 0 Å². The summed E-state index contributed by atoms with van der Waals surface area (Å²) in [6.45, 7) is 0.663. The molecule has 0 saturated carbocycles. The molecule has 1 saturated heterocycles. The number of nitrogens with zero attached hydrogens (tertiary/aromatic N) is 2. The van der Waals surface area contributed by atoms with Gasteiger partial charge in [0.25, 0.3) is 0 Å². The molecule has 0 aliphatic carbocycles. The summed E-state index contributed by atoms with van der Waals surface area (Å²) in [7, 11) is 1.74. The lowest BCUT2D eigenvalue weighted by Crippen LogP contribution is -2.43. The molecule has 120 valence electrons. The first-order valence-electron chi connectivity index (χ1n) is 7.81. The molecule has 2 aromatic rings. The molecule has 1 unspecified atom stereocenters. The summed E-state index contributed by atoms with van der Waals surface area (Å²) in [5.74, 6) is 0.0508. The number of carbonyl (C=O) groups is 2. The third kappa shape index (κ3) is 3.45. The fourth-order valence-electron chi connectivity index (χ4n) is 2.92. The molecule has 2 amide bonds. The van der Waals surface area contributed by atoms with Gasteiger partial charge in [-0.15, -0.1) is 11.3 Å². The molecule has 23 heavy (non-hydrogen) atoms. The Morgan fingerprint density at radius 3 is 2.74 bits per heavy atom. The first-order chi connectivity index (χ1) is 11.2. The molecule has 1 atom stereocenters. The first kappa shape index (κ1) is 15.7. The van der Waals surface area contributed by atoms with Gasteiger partial charge in [-0.1, -0.05) is 24.3 Å². The zero-order chi connectivity index (χ0) is 16.2. The molecule has 0 N–H and O–H groups in total. The second-order valence-electron chi connectivity index (χ2n) is 5.71. The van der Waals surface area contributed by atoms with Crippen LogP contribution in [0.3, 0.4) is 0 Å². The highest BCUT2D eigenvalue weighted by Gasteiger charge is 2.36. The number of benzene rings is 1. The van der Waals surface area contributed by atoms with Gasteiger partial charge in [0, 0.05) is 30.6 Å². The van der Waals surface area contributed by atoms with Gasteiger partial charge in [-0.25, -0.2) is 0 Å². The molecule has 3 rings (SSSR count). The van der Waals surface area contributed by atoms with E-state index in [1.165, 1.54) is 4.88 Å². The number of anilines is 1. The van der Waals surface area contributed by atoms with Crippen molar-refractivity contribution in [2.45, 2.75) is 25.3 Å². The second-order valence-corrected chi connectivity index (χ2v) is 6.75. The molecule has 1 aliphatic rings. The minimum Gasteiger partial charge on any atom is -0.334 e. The molecule has 1 aliphatic heterocycles. The largest absolute Gasteiger partial charge is 0.334 e. The van der Waals surface area contributed by atoms with Crippen LogP contribution in [0, 0.1) is 0 Å². The number of para-hydroxylation sites is 1.